The first-order valence-electron chi connectivity index (χ1n) is 5.91. The van der Waals surface area contributed by atoms with Gasteiger partial charge in [-0.25, -0.2) is 0 Å². The highest BCUT2D eigenvalue weighted by Gasteiger charge is 2.19. The highest BCUT2D eigenvalue weighted by molar-refractivity contribution is 7.03. The van der Waals surface area contributed by atoms with Crippen LogP contribution in [-0.4, -0.2) is 23.2 Å². The van der Waals surface area contributed by atoms with Crippen molar-refractivity contribution < 1.29 is 4.74 Å². The van der Waals surface area contributed by atoms with Crippen LogP contribution in [0.3, 0.4) is 0 Å². The zero-order valence-electron chi connectivity index (χ0n) is 10.8. The second-order valence-corrected chi connectivity index (χ2v) is 4.68. The van der Waals surface area contributed by atoms with Crippen molar-refractivity contribution in [2.24, 2.45) is 0 Å². The van der Waals surface area contributed by atoms with E-state index in [0.29, 0.717) is 0 Å². The summed E-state index contributed by atoms with van der Waals surface area (Å²) in [4.78, 5) is 0. The second-order valence-electron chi connectivity index (χ2n) is 4.07. The molecule has 0 radical (unpaired) electrons. The quantitative estimate of drug-likeness (QED) is 0.900. The van der Waals surface area contributed by atoms with Gasteiger partial charge in [0, 0.05) is 10.9 Å². The summed E-state index contributed by atoms with van der Waals surface area (Å²) in [5.41, 5.74) is 3.25. The first-order valence-corrected chi connectivity index (χ1v) is 6.74. The molecule has 1 aromatic carbocycles. The van der Waals surface area contributed by atoms with Crippen LogP contribution in [0.5, 0.6) is 5.75 Å². The summed E-state index contributed by atoms with van der Waals surface area (Å²) in [6, 6.07) is 6.20. The van der Waals surface area contributed by atoms with Crippen molar-refractivity contribution >= 4 is 11.5 Å². The van der Waals surface area contributed by atoms with Crippen molar-refractivity contribution in [3.8, 4) is 5.75 Å². The van der Waals surface area contributed by atoms with Crippen LogP contribution in [-0.2, 0) is 0 Å². The summed E-state index contributed by atoms with van der Waals surface area (Å²) >= 11 is 1.36. The molecule has 2 rings (SSSR count). The molecule has 0 saturated carbocycles. The zero-order valence-corrected chi connectivity index (χ0v) is 11.6. The number of aromatic nitrogens is 2. The maximum atomic E-state index is 5.44. The Morgan fingerprint density at radius 1 is 1.44 bits per heavy atom. The predicted molar refractivity (Wildman–Crippen MR) is 73.2 cm³/mol. The van der Waals surface area contributed by atoms with Gasteiger partial charge in [-0.3, -0.25) is 0 Å². The summed E-state index contributed by atoms with van der Waals surface area (Å²) < 4.78 is 9.38. The van der Waals surface area contributed by atoms with Crippen LogP contribution >= 0.6 is 11.5 Å². The minimum atomic E-state index is 0.0311. The fraction of sp³-hybridized carbons (Fsp3) is 0.385. The average Bonchev–Trinajstić information content (AvgIpc) is 2.89. The van der Waals surface area contributed by atoms with E-state index in [4.69, 9.17) is 4.74 Å². The highest BCUT2D eigenvalue weighted by atomic mass is 32.1. The standard InChI is InChI=1S/C13H17N3OS/c1-4-14-13(11-8-18-16-15-11)10-7-9(2)5-6-12(10)17-3/h5-8,13-14H,4H2,1-3H3. The number of rotatable bonds is 5. The number of benzene rings is 1. The van der Waals surface area contributed by atoms with Gasteiger partial charge in [-0.05, 0) is 31.1 Å². The van der Waals surface area contributed by atoms with Crippen molar-refractivity contribution in [2.45, 2.75) is 19.9 Å². The van der Waals surface area contributed by atoms with Gasteiger partial charge in [-0.1, -0.05) is 29.1 Å². The van der Waals surface area contributed by atoms with Crippen molar-refractivity contribution in [2.75, 3.05) is 13.7 Å². The summed E-state index contributed by atoms with van der Waals surface area (Å²) in [5, 5.41) is 9.56. The molecule has 0 amide bonds. The lowest BCUT2D eigenvalue weighted by Crippen LogP contribution is -2.23. The van der Waals surface area contributed by atoms with Gasteiger partial charge in [0.2, 0.25) is 0 Å². The Balaban J connectivity index is 2.45. The van der Waals surface area contributed by atoms with E-state index >= 15 is 0 Å². The predicted octanol–water partition coefficient (Wildman–Crippen LogP) is 2.55. The Morgan fingerprint density at radius 2 is 2.28 bits per heavy atom. The van der Waals surface area contributed by atoms with Crippen LogP contribution < -0.4 is 10.1 Å². The van der Waals surface area contributed by atoms with E-state index in [2.05, 4.69) is 34.8 Å². The summed E-state index contributed by atoms with van der Waals surface area (Å²) in [5.74, 6) is 0.875. The molecule has 0 saturated heterocycles. The Hall–Kier alpha value is -1.46. The van der Waals surface area contributed by atoms with Crippen LogP contribution in [0.15, 0.2) is 23.6 Å². The highest BCUT2D eigenvalue weighted by Crippen LogP contribution is 2.30. The number of nitrogens with one attached hydrogen (secondary N) is 1. The SMILES string of the molecule is CCNC(c1csnn1)c1cc(C)ccc1OC. The molecule has 0 bridgehead atoms. The Labute approximate surface area is 111 Å². The molecule has 96 valence electrons. The third-order valence-electron chi connectivity index (χ3n) is 2.78. The Morgan fingerprint density at radius 3 is 2.89 bits per heavy atom. The maximum Gasteiger partial charge on any atom is 0.124 e. The summed E-state index contributed by atoms with van der Waals surface area (Å²) in [7, 11) is 1.69. The van der Waals surface area contributed by atoms with Gasteiger partial charge in [-0.2, -0.15) is 0 Å². The first kappa shape index (κ1) is 13.0. The van der Waals surface area contributed by atoms with Gasteiger partial charge in [-0.15, -0.1) is 5.10 Å². The molecular weight excluding hydrogens is 246 g/mol. The lowest BCUT2D eigenvalue weighted by Gasteiger charge is -2.19. The van der Waals surface area contributed by atoms with Crippen molar-refractivity contribution in [3.05, 3.63) is 40.4 Å². The monoisotopic (exact) mass is 263 g/mol. The molecule has 1 aromatic heterocycles. The van der Waals surface area contributed by atoms with Crippen LogP contribution in [0.2, 0.25) is 0 Å². The molecule has 0 spiro atoms. The fourth-order valence-electron chi connectivity index (χ4n) is 1.95. The fourth-order valence-corrected chi connectivity index (χ4v) is 2.43. The van der Waals surface area contributed by atoms with Gasteiger partial charge in [0.05, 0.1) is 18.8 Å². The van der Waals surface area contributed by atoms with E-state index in [1.54, 1.807) is 7.11 Å². The largest absolute Gasteiger partial charge is 0.496 e. The molecule has 0 fully saturated rings. The lowest BCUT2D eigenvalue weighted by molar-refractivity contribution is 0.403. The third-order valence-corrected chi connectivity index (χ3v) is 3.30. The molecule has 0 aliphatic carbocycles. The van der Waals surface area contributed by atoms with Gasteiger partial charge in [0.15, 0.2) is 0 Å². The first-order chi connectivity index (χ1) is 8.76. The van der Waals surface area contributed by atoms with Gasteiger partial charge in [0.1, 0.15) is 5.75 Å². The lowest BCUT2D eigenvalue weighted by atomic mass is 10.0. The van der Waals surface area contributed by atoms with Crippen LogP contribution in [0.1, 0.15) is 29.8 Å². The minimum absolute atomic E-state index is 0.0311. The molecular formula is C13H17N3OS. The van der Waals surface area contributed by atoms with Gasteiger partial charge >= 0.3 is 0 Å². The summed E-state index contributed by atoms with van der Waals surface area (Å²) in [6.07, 6.45) is 0. The third kappa shape index (κ3) is 2.68. The number of methoxy groups -OCH3 is 1. The minimum Gasteiger partial charge on any atom is -0.496 e. The van der Waals surface area contributed by atoms with Gasteiger partial charge in [0.25, 0.3) is 0 Å². The smallest absolute Gasteiger partial charge is 0.124 e. The zero-order chi connectivity index (χ0) is 13.0. The van der Waals surface area contributed by atoms with Crippen molar-refractivity contribution in [1.82, 2.24) is 14.9 Å². The molecule has 5 heteroatoms. The second kappa shape index (κ2) is 5.93. The number of hydrogen-bond acceptors (Lipinski definition) is 5. The topological polar surface area (TPSA) is 47.0 Å². The number of nitrogens with zero attached hydrogens (tertiary/aromatic N) is 2. The van der Waals surface area contributed by atoms with Crippen LogP contribution in [0.25, 0.3) is 0 Å². The van der Waals surface area contributed by atoms with Crippen molar-refractivity contribution in [1.29, 1.82) is 0 Å². The molecule has 1 N–H and O–H groups in total. The Kier molecular flexibility index (Phi) is 4.28. The van der Waals surface area contributed by atoms with Crippen molar-refractivity contribution in [3.63, 3.8) is 0 Å². The van der Waals surface area contributed by atoms with Crippen LogP contribution in [0, 0.1) is 6.92 Å². The van der Waals surface area contributed by atoms with E-state index in [-0.39, 0.29) is 6.04 Å². The molecule has 4 nitrogen and oxygen atoms in total. The van der Waals surface area contributed by atoms with E-state index in [1.807, 2.05) is 17.5 Å². The number of aryl methyl sites for hydroxylation is 1. The molecule has 0 aliphatic rings. The number of hydrogen-bond donors (Lipinski definition) is 1. The molecule has 1 heterocycles. The van der Waals surface area contributed by atoms with E-state index in [1.165, 1.54) is 17.1 Å². The molecule has 2 aromatic rings. The van der Waals surface area contributed by atoms with E-state index in [9.17, 15) is 0 Å². The van der Waals surface area contributed by atoms with Crippen LogP contribution in [0.4, 0.5) is 0 Å². The average molecular weight is 263 g/mol. The summed E-state index contributed by atoms with van der Waals surface area (Å²) in [6.45, 7) is 5.01. The van der Waals surface area contributed by atoms with E-state index < -0.39 is 0 Å². The van der Waals surface area contributed by atoms with E-state index in [0.717, 1.165) is 23.6 Å². The molecule has 18 heavy (non-hydrogen) atoms. The normalized spacial score (nSPS) is 12.4. The molecule has 1 unspecified atom stereocenters. The maximum absolute atomic E-state index is 5.44. The van der Waals surface area contributed by atoms with Gasteiger partial charge < -0.3 is 10.1 Å². The molecule has 1 atom stereocenters. The Bertz CT molecular complexity index is 499. The molecule has 0 aliphatic heterocycles. The number of ether oxygens (including phenoxy) is 1.